The minimum Gasteiger partial charge on any atom is -0.847 e. The molecule has 0 spiro atoms. The summed E-state index contributed by atoms with van der Waals surface area (Å²) in [6.07, 6.45) is 0.176. The third-order valence-electron chi connectivity index (χ3n) is 4.25. The maximum absolute atomic E-state index is 12.8. The van der Waals surface area contributed by atoms with E-state index in [1.807, 2.05) is 0 Å². The lowest BCUT2D eigenvalue weighted by molar-refractivity contribution is -0.462. The molecule has 0 bridgehead atoms. The van der Waals surface area contributed by atoms with Crippen molar-refractivity contribution in [3.05, 3.63) is 29.3 Å². The summed E-state index contributed by atoms with van der Waals surface area (Å²) in [6.45, 7) is 4.09. The summed E-state index contributed by atoms with van der Waals surface area (Å²) in [5, 5.41) is 21.9. The van der Waals surface area contributed by atoms with Crippen LogP contribution in [0.15, 0.2) is 18.2 Å². The highest BCUT2D eigenvalue weighted by Crippen LogP contribution is 2.43. The standard InChI is InChI=1S/C16H17N2O3/c1-16(2)15(20)14(18-7-3-4-13(18)19)11-8-10(9-17)5-6-12(11)21-16/h5-6,8,14-15H,3-4,7H2,1-2H3/q-1/t14-,15-/m1/s1. The second kappa shape index (κ2) is 4.74. The predicted molar refractivity (Wildman–Crippen MR) is 73.3 cm³/mol. The van der Waals surface area contributed by atoms with Crippen LogP contribution < -0.4 is 9.84 Å². The molecule has 21 heavy (non-hydrogen) atoms. The maximum atomic E-state index is 12.8. The fourth-order valence-corrected chi connectivity index (χ4v) is 3.12. The van der Waals surface area contributed by atoms with Crippen molar-refractivity contribution in [2.45, 2.75) is 44.4 Å². The van der Waals surface area contributed by atoms with Crippen LogP contribution in [-0.2, 0) is 4.79 Å². The van der Waals surface area contributed by atoms with E-state index in [1.54, 1.807) is 36.9 Å². The van der Waals surface area contributed by atoms with Gasteiger partial charge in [-0.1, -0.05) is 6.10 Å². The van der Waals surface area contributed by atoms with Crippen LogP contribution in [-0.4, -0.2) is 29.1 Å². The number of rotatable bonds is 1. The van der Waals surface area contributed by atoms with Gasteiger partial charge in [-0.3, -0.25) is 4.79 Å². The zero-order chi connectivity index (χ0) is 15.2. The molecule has 2 aliphatic rings. The smallest absolute Gasteiger partial charge is 0.223 e. The first-order valence-corrected chi connectivity index (χ1v) is 7.12. The zero-order valence-corrected chi connectivity index (χ0v) is 12.1. The summed E-state index contributed by atoms with van der Waals surface area (Å²) in [5.41, 5.74) is 0.235. The Hall–Kier alpha value is -2.06. The summed E-state index contributed by atoms with van der Waals surface area (Å²) >= 11 is 0. The largest absolute Gasteiger partial charge is 0.847 e. The summed E-state index contributed by atoms with van der Waals surface area (Å²) in [4.78, 5) is 13.7. The first kappa shape index (κ1) is 13.9. The summed E-state index contributed by atoms with van der Waals surface area (Å²) < 4.78 is 5.80. The number of carbonyl (C=O) groups excluding carboxylic acids is 1. The van der Waals surface area contributed by atoms with Crippen molar-refractivity contribution < 1.29 is 14.6 Å². The Balaban J connectivity index is 2.12. The van der Waals surface area contributed by atoms with Crippen molar-refractivity contribution in [3.8, 4) is 11.8 Å². The average molecular weight is 285 g/mol. The predicted octanol–water partition coefficient (Wildman–Crippen LogP) is 1.12. The van der Waals surface area contributed by atoms with Gasteiger partial charge >= 0.3 is 0 Å². The molecule has 2 aliphatic heterocycles. The van der Waals surface area contributed by atoms with Gasteiger partial charge in [-0.15, -0.1) is 0 Å². The van der Waals surface area contributed by atoms with Crippen LogP contribution in [0.2, 0.25) is 0 Å². The molecule has 1 saturated heterocycles. The highest BCUT2D eigenvalue weighted by atomic mass is 16.5. The van der Waals surface area contributed by atoms with Gasteiger partial charge in [0.25, 0.3) is 0 Å². The number of benzene rings is 1. The molecule has 0 radical (unpaired) electrons. The number of nitrogens with zero attached hydrogens (tertiary/aromatic N) is 2. The van der Waals surface area contributed by atoms with E-state index in [2.05, 4.69) is 6.07 Å². The van der Waals surface area contributed by atoms with E-state index < -0.39 is 17.7 Å². The van der Waals surface area contributed by atoms with E-state index in [0.717, 1.165) is 6.42 Å². The fraction of sp³-hybridized carbons (Fsp3) is 0.500. The molecule has 1 aromatic rings. The third kappa shape index (κ3) is 2.16. The van der Waals surface area contributed by atoms with Crippen molar-refractivity contribution >= 4 is 5.91 Å². The van der Waals surface area contributed by atoms with Gasteiger partial charge < -0.3 is 14.7 Å². The van der Waals surface area contributed by atoms with Crippen LogP contribution in [0.4, 0.5) is 0 Å². The molecule has 5 heteroatoms. The minimum atomic E-state index is -1.08. The SMILES string of the molecule is CC1(C)Oc2ccc(C#N)cc2[C@@H](N2CCCC2=O)[C@H]1[O-]. The molecule has 0 unspecified atom stereocenters. The zero-order valence-electron chi connectivity index (χ0n) is 12.1. The molecule has 1 aromatic carbocycles. The molecule has 2 heterocycles. The molecular weight excluding hydrogens is 268 g/mol. The fourth-order valence-electron chi connectivity index (χ4n) is 3.12. The Morgan fingerprint density at radius 1 is 1.48 bits per heavy atom. The van der Waals surface area contributed by atoms with Crippen LogP contribution in [0.3, 0.4) is 0 Å². The van der Waals surface area contributed by atoms with Crippen LogP contribution in [0.1, 0.15) is 43.9 Å². The Bertz CT molecular complexity index is 633. The Kier molecular flexibility index (Phi) is 3.14. The Morgan fingerprint density at radius 2 is 2.24 bits per heavy atom. The van der Waals surface area contributed by atoms with E-state index in [1.165, 1.54) is 0 Å². The van der Waals surface area contributed by atoms with E-state index in [4.69, 9.17) is 10.00 Å². The molecule has 5 nitrogen and oxygen atoms in total. The number of fused-ring (bicyclic) bond motifs is 1. The van der Waals surface area contributed by atoms with Gasteiger partial charge in [0.05, 0.1) is 23.3 Å². The van der Waals surface area contributed by atoms with Crippen molar-refractivity contribution in [1.82, 2.24) is 4.90 Å². The number of hydrogen-bond acceptors (Lipinski definition) is 4. The molecule has 3 rings (SSSR count). The average Bonchev–Trinajstić information content (AvgIpc) is 2.86. The van der Waals surface area contributed by atoms with E-state index in [9.17, 15) is 9.90 Å². The first-order valence-electron chi connectivity index (χ1n) is 7.12. The molecule has 1 amide bonds. The quantitative estimate of drug-likeness (QED) is 0.775. The second-order valence-electron chi connectivity index (χ2n) is 6.13. The number of carbonyl (C=O) groups is 1. The van der Waals surface area contributed by atoms with E-state index >= 15 is 0 Å². The lowest BCUT2D eigenvalue weighted by atomic mass is 9.85. The first-order chi connectivity index (χ1) is 9.94. The minimum absolute atomic E-state index is 0.00635. The van der Waals surface area contributed by atoms with Crippen molar-refractivity contribution in [3.63, 3.8) is 0 Å². The molecule has 0 N–H and O–H groups in total. The molecule has 0 saturated carbocycles. The van der Waals surface area contributed by atoms with Crippen molar-refractivity contribution in [2.24, 2.45) is 0 Å². The van der Waals surface area contributed by atoms with Crippen LogP contribution in [0.25, 0.3) is 0 Å². The lowest BCUT2D eigenvalue weighted by Gasteiger charge is -2.51. The molecule has 1 fully saturated rings. The highest BCUT2D eigenvalue weighted by molar-refractivity contribution is 5.79. The van der Waals surface area contributed by atoms with E-state index in [0.29, 0.717) is 29.8 Å². The maximum Gasteiger partial charge on any atom is 0.223 e. The van der Waals surface area contributed by atoms with Crippen LogP contribution >= 0.6 is 0 Å². The second-order valence-corrected chi connectivity index (χ2v) is 6.13. The normalized spacial score (nSPS) is 27.0. The van der Waals surface area contributed by atoms with Crippen molar-refractivity contribution in [1.29, 1.82) is 5.26 Å². The Labute approximate surface area is 123 Å². The van der Waals surface area contributed by atoms with Gasteiger partial charge in [0.15, 0.2) is 0 Å². The number of nitriles is 1. The molecule has 0 aromatic heterocycles. The van der Waals surface area contributed by atoms with Gasteiger partial charge in [0.2, 0.25) is 5.91 Å². The van der Waals surface area contributed by atoms with Gasteiger partial charge in [0.1, 0.15) is 5.75 Å². The lowest BCUT2D eigenvalue weighted by Crippen LogP contribution is -2.60. The van der Waals surface area contributed by atoms with E-state index in [-0.39, 0.29) is 5.91 Å². The molecule has 0 aliphatic carbocycles. The van der Waals surface area contributed by atoms with Crippen LogP contribution in [0, 0.1) is 11.3 Å². The van der Waals surface area contributed by atoms with Crippen molar-refractivity contribution in [2.75, 3.05) is 6.54 Å². The molecular formula is C16H17N2O3-. The summed E-state index contributed by atoms with van der Waals surface area (Å²) in [5.74, 6) is 0.600. The summed E-state index contributed by atoms with van der Waals surface area (Å²) in [7, 11) is 0. The van der Waals surface area contributed by atoms with Crippen LogP contribution in [0.5, 0.6) is 5.75 Å². The van der Waals surface area contributed by atoms with Gasteiger partial charge in [-0.25, -0.2) is 0 Å². The number of ether oxygens (including phenoxy) is 1. The monoisotopic (exact) mass is 285 g/mol. The number of hydrogen-bond donors (Lipinski definition) is 0. The molecule has 2 atom stereocenters. The highest BCUT2D eigenvalue weighted by Gasteiger charge is 2.42. The topological polar surface area (TPSA) is 76.4 Å². The number of amides is 1. The third-order valence-corrected chi connectivity index (χ3v) is 4.25. The van der Waals surface area contributed by atoms with Gasteiger partial charge in [-0.2, -0.15) is 5.26 Å². The van der Waals surface area contributed by atoms with Gasteiger partial charge in [-0.05, 0) is 38.5 Å². The Morgan fingerprint density at radius 3 is 2.86 bits per heavy atom. The number of likely N-dealkylation sites (tertiary alicyclic amines) is 1. The molecule has 110 valence electrons. The summed E-state index contributed by atoms with van der Waals surface area (Å²) in [6, 6.07) is 6.57. The van der Waals surface area contributed by atoms with Gasteiger partial charge in [0, 0.05) is 18.5 Å².